The van der Waals surface area contributed by atoms with Crippen molar-refractivity contribution >= 4 is 15.9 Å². The predicted molar refractivity (Wildman–Crippen MR) is 75.9 cm³/mol. The van der Waals surface area contributed by atoms with Gasteiger partial charge in [-0.05, 0) is 37.8 Å². The van der Waals surface area contributed by atoms with Gasteiger partial charge in [0, 0.05) is 16.3 Å². The van der Waals surface area contributed by atoms with Crippen LogP contribution in [0.5, 0.6) is 5.75 Å². The first-order valence-corrected chi connectivity index (χ1v) is 7.52. The van der Waals surface area contributed by atoms with Gasteiger partial charge in [-0.1, -0.05) is 35.8 Å². The van der Waals surface area contributed by atoms with Crippen molar-refractivity contribution in [2.75, 3.05) is 0 Å². The first-order chi connectivity index (χ1) is 8.53. The molecule has 100 valence electrons. The molecule has 0 bridgehead atoms. The summed E-state index contributed by atoms with van der Waals surface area (Å²) < 4.78 is 19.5. The molecule has 2 rings (SSSR count). The van der Waals surface area contributed by atoms with E-state index in [0.29, 0.717) is 16.1 Å². The highest BCUT2D eigenvalue weighted by molar-refractivity contribution is 9.09. The van der Waals surface area contributed by atoms with Crippen LogP contribution in [0.1, 0.15) is 38.7 Å². The minimum Gasteiger partial charge on any atom is -0.490 e. The smallest absolute Gasteiger partial charge is 0.129 e. The minimum absolute atomic E-state index is 0.194. The molecular formula is C15H20BrFO. The van der Waals surface area contributed by atoms with E-state index in [1.165, 1.54) is 6.07 Å². The van der Waals surface area contributed by atoms with E-state index >= 15 is 0 Å². The van der Waals surface area contributed by atoms with Gasteiger partial charge in [-0.3, -0.25) is 0 Å². The van der Waals surface area contributed by atoms with Crippen LogP contribution < -0.4 is 4.74 Å². The van der Waals surface area contributed by atoms with Crippen molar-refractivity contribution in [2.45, 2.75) is 51.0 Å². The number of hydrogen-bond acceptors (Lipinski definition) is 1. The molecule has 2 unspecified atom stereocenters. The van der Waals surface area contributed by atoms with Crippen LogP contribution in [0.3, 0.4) is 0 Å². The Morgan fingerprint density at radius 3 is 2.56 bits per heavy atom. The maximum absolute atomic E-state index is 13.5. The van der Waals surface area contributed by atoms with E-state index in [0.717, 1.165) is 19.3 Å². The molecule has 0 amide bonds. The zero-order valence-corrected chi connectivity index (χ0v) is 12.8. The highest BCUT2D eigenvalue weighted by Gasteiger charge is 2.53. The van der Waals surface area contributed by atoms with Crippen LogP contribution in [-0.2, 0) is 0 Å². The Labute approximate surface area is 117 Å². The highest BCUT2D eigenvalue weighted by Crippen LogP contribution is 2.52. The van der Waals surface area contributed by atoms with Gasteiger partial charge in [0.05, 0.1) is 0 Å². The van der Waals surface area contributed by atoms with Gasteiger partial charge in [-0.25, -0.2) is 4.39 Å². The van der Waals surface area contributed by atoms with Gasteiger partial charge in [-0.15, -0.1) is 0 Å². The van der Waals surface area contributed by atoms with Gasteiger partial charge in [-0.2, -0.15) is 0 Å². The lowest BCUT2D eigenvalue weighted by Gasteiger charge is -2.52. The average molecular weight is 315 g/mol. The van der Waals surface area contributed by atoms with E-state index < -0.39 is 0 Å². The molecule has 0 aliphatic heterocycles. The van der Waals surface area contributed by atoms with E-state index in [9.17, 15) is 4.39 Å². The monoisotopic (exact) mass is 314 g/mol. The third-order valence-electron chi connectivity index (χ3n) is 4.42. The van der Waals surface area contributed by atoms with E-state index in [-0.39, 0.29) is 17.3 Å². The number of rotatable bonds is 4. The Hall–Kier alpha value is -0.570. The van der Waals surface area contributed by atoms with Crippen LogP contribution in [-0.4, -0.2) is 10.9 Å². The SMILES string of the molecule is CCC1(CC)C(Br)CC1Oc1ccc(C)c(F)c1. The maximum atomic E-state index is 13.5. The Morgan fingerprint density at radius 2 is 2.06 bits per heavy atom. The molecule has 0 aromatic heterocycles. The number of hydrogen-bond donors (Lipinski definition) is 0. The number of ether oxygens (including phenoxy) is 1. The van der Waals surface area contributed by atoms with Crippen LogP contribution in [0.15, 0.2) is 18.2 Å². The molecule has 0 N–H and O–H groups in total. The van der Waals surface area contributed by atoms with Crippen LogP contribution in [0.25, 0.3) is 0 Å². The van der Waals surface area contributed by atoms with Crippen LogP contribution >= 0.6 is 15.9 Å². The zero-order chi connectivity index (χ0) is 13.3. The molecule has 18 heavy (non-hydrogen) atoms. The second-order valence-electron chi connectivity index (χ2n) is 5.16. The lowest BCUT2D eigenvalue weighted by molar-refractivity contribution is -0.0412. The molecule has 1 nitrogen and oxygen atoms in total. The van der Waals surface area contributed by atoms with E-state index in [1.54, 1.807) is 13.0 Å². The minimum atomic E-state index is -0.194. The van der Waals surface area contributed by atoms with Crippen LogP contribution in [0, 0.1) is 18.2 Å². The molecule has 1 saturated carbocycles. The van der Waals surface area contributed by atoms with Crippen molar-refractivity contribution in [2.24, 2.45) is 5.41 Å². The Morgan fingerprint density at radius 1 is 1.39 bits per heavy atom. The largest absolute Gasteiger partial charge is 0.490 e. The second-order valence-corrected chi connectivity index (χ2v) is 6.27. The first kappa shape index (κ1) is 13.9. The van der Waals surface area contributed by atoms with Gasteiger partial charge in [0.25, 0.3) is 0 Å². The van der Waals surface area contributed by atoms with Crippen LogP contribution in [0.2, 0.25) is 0 Å². The lowest BCUT2D eigenvalue weighted by atomic mass is 9.62. The van der Waals surface area contributed by atoms with Crippen molar-refractivity contribution in [1.29, 1.82) is 0 Å². The summed E-state index contributed by atoms with van der Waals surface area (Å²) in [6.07, 6.45) is 3.35. The fraction of sp³-hybridized carbons (Fsp3) is 0.600. The molecule has 1 aromatic rings. The van der Waals surface area contributed by atoms with E-state index in [1.807, 2.05) is 6.07 Å². The maximum Gasteiger partial charge on any atom is 0.129 e. The Bertz CT molecular complexity index is 429. The summed E-state index contributed by atoms with van der Waals surface area (Å²) in [7, 11) is 0. The molecule has 1 fully saturated rings. The summed E-state index contributed by atoms with van der Waals surface area (Å²) in [4.78, 5) is 0.514. The predicted octanol–water partition coefficient (Wildman–Crippen LogP) is 4.86. The van der Waals surface area contributed by atoms with Crippen molar-refractivity contribution in [3.8, 4) is 5.75 Å². The number of halogens is 2. The van der Waals surface area contributed by atoms with Crippen molar-refractivity contribution in [3.05, 3.63) is 29.6 Å². The summed E-state index contributed by atoms with van der Waals surface area (Å²) in [6, 6.07) is 5.12. The lowest BCUT2D eigenvalue weighted by Crippen LogP contribution is -2.56. The summed E-state index contributed by atoms with van der Waals surface area (Å²) in [5.41, 5.74) is 0.855. The molecule has 1 aliphatic carbocycles. The normalized spacial score (nSPS) is 25.6. The molecule has 2 atom stereocenters. The van der Waals surface area contributed by atoms with E-state index in [2.05, 4.69) is 29.8 Å². The number of alkyl halides is 1. The summed E-state index contributed by atoms with van der Waals surface area (Å²) in [5, 5.41) is 0. The second kappa shape index (κ2) is 5.20. The third-order valence-corrected chi connectivity index (χ3v) is 5.71. The van der Waals surface area contributed by atoms with Gasteiger partial charge < -0.3 is 4.74 Å². The van der Waals surface area contributed by atoms with Crippen molar-refractivity contribution in [3.63, 3.8) is 0 Å². The third kappa shape index (κ3) is 2.18. The van der Waals surface area contributed by atoms with Gasteiger partial charge in [0.2, 0.25) is 0 Å². The summed E-state index contributed by atoms with van der Waals surface area (Å²) in [5.74, 6) is 0.453. The average Bonchev–Trinajstić information content (AvgIpc) is 2.35. The molecule has 0 heterocycles. The molecule has 0 radical (unpaired) electrons. The number of benzene rings is 1. The first-order valence-electron chi connectivity index (χ1n) is 6.60. The standard InChI is InChI=1S/C15H20BrFO/c1-4-15(5-2)13(16)9-14(15)18-11-7-6-10(3)12(17)8-11/h6-8,13-14H,4-5,9H2,1-3H3. The molecule has 0 saturated heterocycles. The molecule has 1 aliphatic rings. The number of aryl methyl sites for hydroxylation is 1. The Kier molecular flexibility index (Phi) is 4.00. The summed E-state index contributed by atoms with van der Waals surface area (Å²) in [6.45, 7) is 6.16. The fourth-order valence-electron chi connectivity index (χ4n) is 2.82. The zero-order valence-electron chi connectivity index (χ0n) is 11.2. The van der Waals surface area contributed by atoms with Gasteiger partial charge in [0.15, 0.2) is 0 Å². The molecular weight excluding hydrogens is 295 g/mol. The topological polar surface area (TPSA) is 9.23 Å². The van der Waals surface area contributed by atoms with E-state index in [4.69, 9.17) is 4.74 Å². The highest BCUT2D eigenvalue weighted by atomic mass is 79.9. The van der Waals surface area contributed by atoms with Gasteiger partial charge >= 0.3 is 0 Å². The van der Waals surface area contributed by atoms with Crippen LogP contribution in [0.4, 0.5) is 4.39 Å². The fourth-order valence-corrected chi connectivity index (χ4v) is 4.11. The van der Waals surface area contributed by atoms with Crippen molar-refractivity contribution in [1.82, 2.24) is 0 Å². The van der Waals surface area contributed by atoms with Gasteiger partial charge in [0.1, 0.15) is 17.7 Å². The molecule has 3 heteroatoms. The van der Waals surface area contributed by atoms with Crippen molar-refractivity contribution < 1.29 is 9.13 Å². The quantitative estimate of drug-likeness (QED) is 0.721. The molecule has 1 aromatic carbocycles. The molecule has 0 spiro atoms. The Balaban J connectivity index is 2.12. The summed E-state index contributed by atoms with van der Waals surface area (Å²) >= 11 is 3.73.